The second kappa shape index (κ2) is 12.9. The molecule has 0 aliphatic carbocycles. The van der Waals surface area contributed by atoms with Crippen molar-refractivity contribution in [3.63, 3.8) is 0 Å². The molecule has 0 unspecified atom stereocenters. The summed E-state index contributed by atoms with van der Waals surface area (Å²) >= 11 is 1.86. The fourth-order valence-electron chi connectivity index (χ4n) is 8.22. The minimum Gasteiger partial charge on any atom is -0.456 e. The first kappa shape index (κ1) is 31.6. The van der Waals surface area contributed by atoms with E-state index < -0.39 is 0 Å². The summed E-state index contributed by atoms with van der Waals surface area (Å²) in [6.45, 7) is 0. The molecule has 2 heterocycles. The quantitative estimate of drug-likeness (QED) is 0.170. The van der Waals surface area contributed by atoms with E-state index >= 15 is 0 Å². The largest absolute Gasteiger partial charge is 0.456 e. The van der Waals surface area contributed by atoms with Crippen molar-refractivity contribution in [1.29, 1.82) is 0 Å². The number of thiophene rings is 1. The molecule has 0 N–H and O–H groups in total. The molecule has 0 radical (unpaired) electrons. The number of anilines is 3. The molecule has 0 saturated carbocycles. The molecule has 258 valence electrons. The van der Waals surface area contributed by atoms with Gasteiger partial charge in [0.15, 0.2) is 0 Å². The van der Waals surface area contributed by atoms with Gasteiger partial charge in [-0.3, -0.25) is 0 Å². The molecule has 3 heteroatoms. The molecule has 2 aromatic heterocycles. The summed E-state index contributed by atoms with van der Waals surface area (Å²) in [4.78, 5) is 2.42. The van der Waals surface area contributed by atoms with E-state index in [0.717, 1.165) is 50.1 Å². The summed E-state index contributed by atoms with van der Waals surface area (Å²) in [7, 11) is 0. The minimum absolute atomic E-state index is 0.902. The number of benzene rings is 9. The van der Waals surface area contributed by atoms with Crippen LogP contribution in [0.5, 0.6) is 0 Å². The average molecular weight is 720 g/mol. The standard InChI is InChI=1S/C52H33NOS/c1-2-12-36-31-38(24-23-34(36)11-1)37-13-9-14-41(32-37)53(40-28-25-35(26-29-40)39-27-30-44-43-16-4-7-20-48(43)54-49(44)33-39)47-19-6-3-15-42(47)45-18-10-22-51-52(45)46-17-5-8-21-50(46)55-51/h1-33H. The zero-order valence-corrected chi connectivity index (χ0v) is 30.6. The van der Waals surface area contributed by atoms with Crippen LogP contribution in [0.2, 0.25) is 0 Å². The number of rotatable bonds is 6. The van der Waals surface area contributed by atoms with Crippen LogP contribution < -0.4 is 4.90 Å². The summed E-state index contributed by atoms with van der Waals surface area (Å²) in [6, 6.07) is 72.3. The van der Waals surface area contributed by atoms with Gasteiger partial charge in [0.2, 0.25) is 0 Å². The topological polar surface area (TPSA) is 16.4 Å². The minimum atomic E-state index is 0.902. The van der Waals surface area contributed by atoms with Gasteiger partial charge in [0.05, 0.1) is 5.69 Å². The highest BCUT2D eigenvalue weighted by atomic mass is 32.1. The van der Waals surface area contributed by atoms with Gasteiger partial charge in [-0.25, -0.2) is 0 Å². The highest BCUT2D eigenvalue weighted by molar-refractivity contribution is 7.25. The zero-order chi connectivity index (χ0) is 36.3. The van der Waals surface area contributed by atoms with Gasteiger partial charge >= 0.3 is 0 Å². The van der Waals surface area contributed by atoms with Crippen LogP contribution in [0.3, 0.4) is 0 Å². The predicted molar refractivity (Wildman–Crippen MR) is 235 cm³/mol. The third-order valence-electron chi connectivity index (χ3n) is 10.9. The van der Waals surface area contributed by atoms with Gasteiger partial charge in [-0.15, -0.1) is 11.3 Å². The maximum Gasteiger partial charge on any atom is 0.136 e. The van der Waals surface area contributed by atoms with E-state index in [9.17, 15) is 0 Å². The fourth-order valence-corrected chi connectivity index (χ4v) is 9.36. The van der Waals surface area contributed by atoms with Crippen molar-refractivity contribution in [3.8, 4) is 33.4 Å². The molecule has 55 heavy (non-hydrogen) atoms. The first-order valence-corrected chi connectivity index (χ1v) is 19.5. The van der Waals surface area contributed by atoms with Crippen LogP contribution >= 0.6 is 11.3 Å². The van der Waals surface area contributed by atoms with Crippen molar-refractivity contribution < 1.29 is 4.42 Å². The van der Waals surface area contributed by atoms with Crippen LogP contribution in [-0.4, -0.2) is 0 Å². The number of nitrogens with zero attached hydrogens (tertiary/aromatic N) is 1. The van der Waals surface area contributed by atoms with E-state index in [4.69, 9.17) is 4.42 Å². The first-order valence-electron chi connectivity index (χ1n) is 18.7. The molecular formula is C52H33NOS. The Morgan fingerprint density at radius 3 is 1.95 bits per heavy atom. The maximum absolute atomic E-state index is 6.26. The van der Waals surface area contributed by atoms with Gasteiger partial charge in [0.25, 0.3) is 0 Å². The van der Waals surface area contributed by atoms with Gasteiger partial charge in [0.1, 0.15) is 11.2 Å². The van der Waals surface area contributed by atoms with E-state index in [2.05, 4.69) is 193 Å². The van der Waals surface area contributed by atoms with Crippen LogP contribution in [0, 0.1) is 0 Å². The fraction of sp³-hybridized carbons (Fsp3) is 0. The second-order valence-electron chi connectivity index (χ2n) is 14.1. The summed E-state index contributed by atoms with van der Waals surface area (Å²) in [6.07, 6.45) is 0. The monoisotopic (exact) mass is 719 g/mol. The molecule has 0 bridgehead atoms. The van der Waals surface area contributed by atoms with Crippen LogP contribution in [0.4, 0.5) is 17.1 Å². The molecule has 11 rings (SSSR count). The molecular weight excluding hydrogens is 687 g/mol. The molecule has 0 spiro atoms. The van der Waals surface area contributed by atoms with Crippen molar-refractivity contribution in [2.24, 2.45) is 0 Å². The van der Waals surface area contributed by atoms with E-state index in [1.54, 1.807) is 0 Å². The van der Waals surface area contributed by atoms with Gasteiger partial charge in [0, 0.05) is 47.9 Å². The third-order valence-corrected chi connectivity index (χ3v) is 12.0. The van der Waals surface area contributed by atoms with Gasteiger partial charge in [-0.05, 0) is 105 Å². The summed E-state index contributed by atoms with van der Waals surface area (Å²) in [5.74, 6) is 0. The van der Waals surface area contributed by atoms with Crippen molar-refractivity contribution in [2.45, 2.75) is 0 Å². The van der Waals surface area contributed by atoms with E-state index in [0.29, 0.717) is 0 Å². The molecule has 0 aliphatic heterocycles. The molecule has 0 saturated heterocycles. The highest BCUT2D eigenvalue weighted by Gasteiger charge is 2.20. The van der Waals surface area contributed by atoms with Crippen molar-refractivity contribution in [3.05, 3.63) is 200 Å². The average Bonchev–Trinajstić information content (AvgIpc) is 3.82. The van der Waals surface area contributed by atoms with E-state index in [1.807, 2.05) is 23.5 Å². The van der Waals surface area contributed by atoms with Crippen molar-refractivity contribution in [2.75, 3.05) is 4.90 Å². The summed E-state index contributed by atoms with van der Waals surface area (Å²) in [5, 5.41) is 7.36. The number of para-hydroxylation sites is 2. The smallest absolute Gasteiger partial charge is 0.136 e. The van der Waals surface area contributed by atoms with Crippen molar-refractivity contribution in [1.82, 2.24) is 0 Å². The Labute approximate surface area is 322 Å². The summed E-state index contributed by atoms with van der Waals surface area (Å²) in [5.41, 5.74) is 12.2. The van der Waals surface area contributed by atoms with E-state index in [1.165, 1.54) is 53.2 Å². The normalized spacial score (nSPS) is 11.6. The van der Waals surface area contributed by atoms with Crippen LogP contribution in [0.15, 0.2) is 205 Å². The lowest BCUT2D eigenvalue weighted by Gasteiger charge is -2.28. The zero-order valence-electron chi connectivity index (χ0n) is 29.8. The Kier molecular flexibility index (Phi) is 7.39. The predicted octanol–water partition coefficient (Wildman–Crippen LogP) is 15.6. The number of fused-ring (bicyclic) bond motifs is 7. The second-order valence-corrected chi connectivity index (χ2v) is 15.2. The number of furan rings is 1. The Balaban J connectivity index is 1.08. The lowest BCUT2D eigenvalue weighted by atomic mass is 9.96. The Morgan fingerprint density at radius 1 is 0.364 bits per heavy atom. The molecule has 0 atom stereocenters. The van der Waals surface area contributed by atoms with Crippen LogP contribution in [-0.2, 0) is 0 Å². The lowest BCUT2D eigenvalue weighted by molar-refractivity contribution is 0.669. The molecule has 0 amide bonds. The first-order chi connectivity index (χ1) is 27.2. The van der Waals surface area contributed by atoms with E-state index in [-0.39, 0.29) is 0 Å². The Hall–Kier alpha value is -6.94. The van der Waals surface area contributed by atoms with Crippen LogP contribution in [0.1, 0.15) is 0 Å². The number of hydrogen-bond donors (Lipinski definition) is 0. The van der Waals surface area contributed by atoms with Gasteiger partial charge in [-0.1, -0.05) is 133 Å². The Bertz CT molecular complexity index is 3220. The third kappa shape index (κ3) is 5.40. The molecule has 0 fully saturated rings. The van der Waals surface area contributed by atoms with Gasteiger partial charge in [-0.2, -0.15) is 0 Å². The highest BCUT2D eigenvalue weighted by Crippen LogP contribution is 2.46. The summed E-state index contributed by atoms with van der Waals surface area (Å²) < 4.78 is 8.86. The van der Waals surface area contributed by atoms with Crippen molar-refractivity contribution >= 4 is 81.3 Å². The SMILES string of the molecule is c1cc(-c2ccc3ccccc3c2)cc(N(c2ccc(-c3ccc4c(c3)oc3ccccc34)cc2)c2ccccc2-c2cccc3sc4ccccc4c23)c1. The molecule has 11 aromatic rings. The lowest BCUT2D eigenvalue weighted by Crippen LogP contribution is -2.11. The van der Waals surface area contributed by atoms with Crippen LogP contribution in [0.25, 0.3) is 86.3 Å². The maximum atomic E-state index is 6.26. The Morgan fingerprint density at radius 2 is 1.02 bits per heavy atom. The van der Waals surface area contributed by atoms with Gasteiger partial charge < -0.3 is 9.32 Å². The molecule has 0 aliphatic rings. The number of hydrogen-bond acceptors (Lipinski definition) is 3. The molecule has 9 aromatic carbocycles. The molecule has 2 nitrogen and oxygen atoms in total.